The lowest BCUT2D eigenvalue weighted by molar-refractivity contribution is -0.121. The van der Waals surface area contributed by atoms with Gasteiger partial charge in [-0.15, -0.1) is 0 Å². The number of carbonyl (C=O) groups is 1. The first kappa shape index (κ1) is 16.0. The first-order valence-corrected chi connectivity index (χ1v) is 8.10. The average molecular weight is 351 g/mol. The Labute approximate surface area is 144 Å². The maximum atomic E-state index is 12.1. The molecule has 1 aromatic heterocycles. The summed E-state index contributed by atoms with van der Waals surface area (Å²) in [6.07, 6.45) is 5.93. The molecule has 0 bridgehead atoms. The number of aromatic nitrogens is 2. The van der Waals surface area contributed by atoms with Gasteiger partial charge in [0.1, 0.15) is 6.33 Å². The lowest BCUT2D eigenvalue weighted by Crippen LogP contribution is -2.38. The molecule has 2 aromatic rings. The maximum Gasteiger partial charge on any atom is 0.224 e. The molecule has 0 aliphatic carbocycles. The normalized spacial score (nSPS) is 17.3. The second-order valence-corrected chi connectivity index (χ2v) is 6.36. The van der Waals surface area contributed by atoms with Gasteiger partial charge < -0.3 is 10.2 Å². The average Bonchev–Trinajstić information content (AvgIpc) is 2.96. The Balaban J connectivity index is 1.56. The molecule has 0 spiro atoms. The number of rotatable bonds is 4. The summed E-state index contributed by atoms with van der Waals surface area (Å²) in [5.41, 5.74) is 1.75. The standard InChI is InChI=1S/C16H16Cl2N4O/c17-12-1-2-15(14(18)6-12)22-4-3-13(9-22)21-16(23)5-11-7-19-10-20-8-11/h1-2,6-8,10,13H,3-5,9H2,(H,21,23)/t13-/m1/s1. The molecule has 1 aromatic carbocycles. The van der Waals surface area contributed by atoms with Gasteiger partial charge in [0, 0.05) is 36.5 Å². The van der Waals surface area contributed by atoms with Crippen molar-refractivity contribution in [2.45, 2.75) is 18.9 Å². The molecule has 1 N–H and O–H groups in total. The van der Waals surface area contributed by atoms with Crippen molar-refractivity contribution < 1.29 is 4.79 Å². The fourth-order valence-corrected chi connectivity index (χ4v) is 3.25. The van der Waals surface area contributed by atoms with Gasteiger partial charge in [0.25, 0.3) is 0 Å². The molecule has 7 heteroatoms. The second kappa shape index (κ2) is 7.15. The first-order chi connectivity index (χ1) is 11.1. The zero-order valence-electron chi connectivity index (χ0n) is 12.4. The number of amides is 1. The predicted octanol–water partition coefficient (Wildman–Crippen LogP) is 2.72. The van der Waals surface area contributed by atoms with Gasteiger partial charge in [0.2, 0.25) is 5.91 Å². The van der Waals surface area contributed by atoms with Crippen molar-refractivity contribution in [2.24, 2.45) is 0 Å². The molecule has 1 aliphatic heterocycles. The zero-order chi connectivity index (χ0) is 16.2. The van der Waals surface area contributed by atoms with Crippen LogP contribution in [0.3, 0.4) is 0 Å². The smallest absolute Gasteiger partial charge is 0.224 e. The summed E-state index contributed by atoms with van der Waals surface area (Å²) in [4.78, 5) is 22.1. The Morgan fingerprint density at radius 1 is 1.30 bits per heavy atom. The highest BCUT2D eigenvalue weighted by Gasteiger charge is 2.25. The van der Waals surface area contributed by atoms with Crippen LogP contribution >= 0.6 is 23.2 Å². The van der Waals surface area contributed by atoms with Crippen LogP contribution < -0.4 is 10.2 Å². The van der Waals surface area contributed by atoms with Crippen molar-refractivity contribution in [1.82, 2.24) is 15.3 Å². The van der Waals surface area contributed by atoms with E-state index in [1.165, 1.54) is 6.33 Å². The third kappa shape index (κ3) is 4.12. The Kier molecular flexibility index (Phi) is 4.98. The van der Waals surface area contributed by atoms with Gasteiger partial charge in [-0.25, -0.2) is 9.97 Å². The number of benzene rings is 1. The molecule has 1 amide bonds. The van der Waals surface area contributed by atoms with Crippen LogP contribution in [-0.2, 0) is 11.2 Å². The Hall–Kier alpha value is -1.85. The monoisotopic (exact) mass is 350 g/mol. The SMILES string of the molecule is O=C(Cc1cncnc1)N[C@@H]1CCN(c2ccc(Cl)cc2Cl)C1. The number of hydrogen-bond donors (Lipinski definition) is 1. The second-order valence-electron chi connectivity index (χ2n) is 5.52. The van der Waals surface area contributed by atoms with E-state index in [0.29, 0.717) is 16.5 Å². The summed E-state index contributed by atoms with van der Waals surface area (Å²) in [6, 6.07) is 5.58. The van der Waals surface area contributed by atoms with Crippen LogP contribution in [0.25, 0.3) is 0 Å². The van der Waals surface area contributed by atoms with E-state index in [-0.39, 0.29) is 11.9 Å². The highest BCUT2D eigenvalue weighted by atomic mass is 35.5. The molecule has 3 rings (SSSR count). The van der Waals surface area contributed by atoms with Crippen LogP contribution in [0.4, 0.5) is 5.69 Å². The summed E-state index contributed by atoms with van der Waals surface area (Å²) in [5.74, 6) is -0.0196. The number of nitrogens with one attached hydrogen (secondary N) is 1. The summed E-state index contributed by atoms with van der Waals surface area (Å²) < 4.78 is 0. The lowest BCUT2D eigenvalue weighted by Gasteiger charge is -2.20. The molecule has 1 atom stereocenters. The van der Waals surface area contributed by atoms with Crippen LogP contribution in [0.5, 0.6) is 0 Å². The minimum atomic E-state index is -0.0196. The van der Waals surface area contributed by atoms with Crippen molar-refractivity contribution >= 4 is 34.8 Å². The fraction of sp³-hybridized carbons (Fsp3) is 0.312. The molecule has 0 unspecified atom stereocenters. The fourth-order valence-electron chi connectivity index (χ4n) is 2.72. The van der Waals surface area contributed by atoms with E-state index in [2.05, 4.69) is 20.2 Å². The molecule has 2 heterocycles. The van der Waals surface area contributed by atoms with E-state index in [1.807, 2.05) is 12.1 Å². The van der Waals surface area contributed by atoms with Gasteiger partial charge in [0.05, 0.1) is 17.1 Å². The Morgan fingerprint density at radius 3 is 2.83 bits per heavy atom. The van der Waals surface area contributed by atoms with Crippen molar-refractivity contribution in [2.75, 3.05) is 18.0 Å². The molecule has 5 nitrogen and oxygen atoms in total. The van der Waals surface area contributed by atoms with E-state index in [1.54, 1.807) is 18.5 Å². The van der Waals surface area contributed by atoms with Crippen molar-refractivity contribution in [3.05, 3.63) is 52.5 Å². The number of halogens is 2. The van der Waals surface area contributed by atoms with Gasteiger partial charge in [0.15, 0.2) is 0 Å². The third-order valence-corrected chi connectivity index (χ3v) is 4.32. The van der Waals surface area contributed by atoms with E-state index in [9.17, 15) is 4.79 Å². The number of nitrogens with zero attached hydrogens (tertiary/aromatic N) is 3. The zero-order valence-corrected chi connectivity index (χ0v) is 13.9. The minimum absolute atomic E-state index is 0.0196. The van der Waals surface area contributed by atoms with E-state index < -0.39 is 0 Å². The highest BCUT2D eigenvalue weighted by molar-refractivity contribution is 6.36. The summed E-state index contributed by atoms with van der Waals surface area (Å²) in [6.45, 7) is 1.58. The van der Waals surface area contributed by atoms with E-state index in [0.717, 1.165) is 30.8 Å². The molecule has 23 heavy (non-hydrogen) atoms. The predicted molar refractivity (Wildman–Crippen MR) is 91.0 cm³/mol. The summed E-state index contributed by atoms with van der Waals surface area (Å²) in [5, 5.41) is 4.30. The van der Waals surface area contributed by atoms with Crippen LogP contribution in [0.1, 0.15) is 12.0 Å². The molecular formula is C16H16Cl2N4O. The van der Waals surface area contributed by atoms with Crippen LogP contribution in [0.2, 0.25) is 10.0 Å². The van der Waals surface area contributed by atoms with Gasteiger partial charge in [-0.05, 0) is 30.2 Å². The number of anilines is 1. The van der Waals surface area contributed by atoms with Crippen molar-refractivity contribution in [3.63, 3.8) is 0 Å². The highest BCUT2D eigenvalue weighted by Crippen LogP contribution is 2.31. The summed E-state index contributed by atoms with van der Waals surface area (Å²) in [7, 11) is 0. The van der Waals surface area contributed by atoms with Gasteiger partial charge in [-0.3, -0.25) is 4.79 Å². The molecule has 1 aliphatic rings. The number of hydrogen-bond acceptors (Lipinski definition) is 4. The van der Waals surface area contributed by atoms with Crippen molar-refractivity contribution in [3.8, 4) is 0 Å². The first-order valence-electron chi connectivity index (χ1n) is 7.35. The largest absolute Gasteiger partial charge is 0.368 e. The van der Waals surface area contributed by atoms with Crippen LogP contribution in [0.15, 0.2) is 36.9 Å². The van der Waals surface area contributed by atoms with Gasteiger partial charge in [-0.2, -0.15) is 0 Å². The number of carbonyl (C=O) groups excluding carboxylic acids is 1. The molecule has 1 fully saturated rings. The lowest BCUT2D eigenvalue weighted by atomic mass is 10.2. The molecule has 1 saturated heterocycles. The van der Waals surface area contributed by atoms with Crippen LogP contribution in [-0.4, -0.2) is 35.0 Å². The molecule has 0 saturated carbocycles. The van der Waals surface area contributed by atoms with Gasteiger partial charge in [-0.1, -0.05) is 23.2 Å². The van der Waals surface area contributed by atoms with Gasteiger partial charge >= 0.3 is 0 Å². The quantitative estimate of drug-likeness (QED) is 0.920. The topological polar surface area (TPSA) is 58.1 Å². The Bertz CT molecular complexity index is 696. The van der Waals surface area contributed by atoms with E-state index >= 15 is 0 Å². The molecular weight excluding hydrogens is 335 g/mol. The Morgan fingerprint density at radius 2 is 2.09 bits per heavy atom. The van der Waals surface area contributed by atoms with Crippen LogP contribution in [0, 0.1) is 0 Å². The summed E-state index contributed by atoms with van der Waals surface area (Å²) >= 11 is 12.2. The van der Waals surface area contributed by atoms with E-state index in [4.69, 9.17) is 23.2 Å². The minimum Gasteiger partial charge on any atom is -0.368 e. The molecule has 0 radical (unpaired) electrons. The van der Waals surface area contributed by atoms with Crippen molar-refractivity contribution in [1.29, 1.82) is 0 Å². The molecule has 120 valence electrons. The third-order valence-electron chi connectivity index (χ3n) is 3.78. The maximum absolute atomic E-state index is 12.1.